The minimum Gasteiger partial charge on any atom is -0.487 e. The smallest absolute Gasteiger partial charge is 0.269 e. The zero-order valence-corrected chi connectivity index (χ0v) is 18.8. The first-order chi connectivity index (χ1) is 14.7. The predicted octanol–water partition coefficient (Wildman–Crippen LogP) is 4.49. The van der Waals surface area contributed by atoms with Crippen molar-refractivity contribution in [3.05, 3.63) is 96.9 Å². The third kappa shape index (κ3) is 5.02. The Morgan fingerprint density at radius 1 is 1.13 bits per heavy atom. The SMILES string of the molecule is CNC(=O)c1cc(Cn2c(C)cc(OCc3ccc(F)cc3F)c(Br)c2=O)ccc1C. The van der Waals surface area contributed by atoms with Gasteiger partial charge in [-0.1, -0.05) is 12.1 Å². The number of pyridine rings is 1. The fourth-order valence-corrected chi connectivity index (χ4v) is 3.58. The van der Waals surface area contributed by atoms with Gasteiger partial charge in [0.05, 0.1) is 6.54 Å². The lowest BCUT2D eigenvalue weighted by molar-refractivity contribution is 0.0962. The Morgan fingerprint density at radius 3 is 2.55 bits per heavy atom. The van der Waals surface area contributed by atoms with Crippen molar-refractivity contribution in [3.63, 3.8) is 0 Å². The summed E-state index contributed by atoms with van der Waals surface area (Å²) in [6.07, 6.45) is 0. The maximum Gasteiger partial charge on any atom is 0.269 e. The summed E-state index contributed by atoms with van der Waals surface area (Å²) in [7, 11) is 1.57. The highest BCUT2D eigenvalue weighted by molar-refractivity contribution is 9.10. The van der Waals surface area contributed by atoms with Crippen LogP contribution in [0.15, 0.2) is 51.7 Å². The lowest BCUT2D eigenvalue weighted by atomic mass is 10.0. The summed E-state index contributed by atoms with van der Waals surface area (Å²) in [5.74, 6) is -1.32. The molecule has 31 heavy (non-hydrogen) atoms. The van der Waals surface area contributed by atoms with Crippen LogP contribution in [0, 0.1) is 25.5 Å². The van der Waals surface area contributed by atoms with Crippen molar-refractivity contribution in [1.29, 1.82) is 0 Å². The van der Waals surface area contributed by atoms with E-state index < -0.39 is 11.6 Å². The van der Waals surface area contributed by atoms with Crippen LogP contribution in [0.2, 0.25) is 0 Å². The average molecular weight is 491 g/mol. The molecule has 0 atom stereocenters. The number of carbonyl (C=O) groups excluding carboxylic acids is 1. The summed E-state index contributed by atoms with van der Waals surface area (Å²) >= 11 is 3.27. The van der Waals surface area contributed by atoms with E-state index in [1.165, 1.54) is 6.07 Å². The lowest BCUT2D eigenvalue weighted by Gasteiger charge is -2.16. The van der Waals surface area contributed by atoms with Gasteiger partial charge in [0.1, 0.15) is 28.5 Å². The third-order valence-electron chi connectivity index (χ3n) is 4.93. The molecule has 1 heterocycles. The number of amides is 1. The van der Waals surface area contributed by atoms with Gasteiger partial charge in [0, 0.05) is 36.0 Å². The summed E-state index contributed by atoms with van der Waals surface area (Å²) in [4.78, 5) is 25.0. The number of hydrogen-bond acceptors (Lipinski definition) is 3. The molecule has 0 saturated carbocycles. The van der Waals surface area contributed by atoms with Gasteiger partial charge in [0.25, 0.3) is 11.5 Å². The van der Waals surface area contributed by atoms with Crippen LogP contribution in [0.1, 0.15) is 32.7 Å². The first kappa shape index (κ1) is 22.7. The van der Waals surface area contributed by atoms with Crippen molar-refractivity contribution in [2.24, 2.45) is 0 Å². The highest BCUT2D eigenvalue weighted by Crippen LogP contribution is 2.24. The molecule has 0 aliphatic carbocycles. The van der Waals surface area contributed by atoms with Crippen molar-refractivity contribution in [2.45, 2.75) is 27.0 Å². The largest absolute Gasteiger partial charge is 0.487 e. The molecule has 1 amide bonds. The molecular weight excluding hydrogens is 470 g/mol. The number of carbonyl (C=O) groups is 1. The van der Waals surface area contributed by atoms with Crippen molar-refractivity contribution in [1.82, 2.24) is 9.88 Å². The van der Waals surface area contributed by atoms with Crippen molar-refractivity contribution < 1.29 is 18.3 Å². The standard InChI is InChI=1S/C23H21BrF2N2O3/c1-13-4-5-15(9-18(13)22(29)27-3)11-28-14(2)8-20(21(24)23(28)30)31-12-16-6-7-17(25)10-19(16)26/h4-10H,11-12H2,1-3H3,(H,27,29). The second-order valence-electron chi connectivity index (χ2n) is 7.11. The Labute approximate surface area is 186 Å². The summed E-state index contributed by atoms with van der Waals surface area (Å²) in [6.45, 7) is 3.72. The summed E-state index contributed by atoms with van der Waals surface area (Å²) < 4.78 is 34.3. The minimum atomic E-state index is -0.715. The van der Waals surface area contributed by atoms with Gasteiger partial charge >= 0.3 is 0 Å². The normalized spacial score (nSPS) is 10.8. The number of hydrogen-bond donors (Lipinski definition) is 1. The molecule has 0 spiro atoms. The van der Waals surface area contributed by atoms with E-state index in [1.54, 1.807) is 30.7 Å². The van der Waals surface area contributed by atoms with E-state index in [0.717, 1.165) is 23.3 Å². The van der Waals surface area contributed by atoms with Crippen LogP contribution in [0.3, 0.4) is 0 Å². The van der Waals surface area contributed by atoms with E-state index in [9.17, 15) is 18.4 Å². The van der Waals surface area contributed by atoms with Crippen LogP contribution in [-0.4, -0.2) is 17.5 Å². The molecule has 0 aliphatic rings. The van der Waals surface area contributed by atoms with Crippen LogP contribution < -0.4 is 15.6 Å². The molecule has 8 heteroatoms. The molecule has 0 fully saturated rings. The molecule has 1 aromatic heterocycles. The molecule has 162 valence electrons. The Kier molecular flexibility index (Phi) is 6.90. The molecule has 2 aromatic carbocycles. The van der Waals surface area contributed by atoms with Crippen LogP contribution in [0.25, 0.3) is 0 Å². The molecule has 0 bridgehead atoms. The number of aryl methyl sites for hydroxylation is 2. The Hall–Kier alpha value is -3.00. The minimum absolute atomic E-state index is 0.152. The summed E-state index contributed by atoms with van der Waals surface area (Å²) in [5, 5.41) is 2.61. The molecular formula is C23H21BrF2N2O3. The van der Waals surface area contributed by atoms with Gasteiger partial charge in [-0.15, -0.1) is 0 Å². The van der Waals surface area contributed by atoms with Gasteiger partial charge in [-0.25, -0.2) is 8.78 Å². The molecule has 3 aromatic rings. The average Bonchev–Trinajstić information content (AvgIpc) is 2.74. The number of rotatable bonds is 6. The van der Waals surface area contributed by atoms with E-state index in [2.05, 4.69) is 21.2 Å². The number of nitrogens with one attached hydrogen (secondary N) is 1. The van der Waals surface area contributed by atoms with Crippen molar-refractivity contribution in [2.75, 3.05) is 7.05 Å². The Balaban J connectivity index is 1.86. The summed E-state index contributed by atoms with van der Waals surface area (Å²) in [5.41, 5.74) is 2.66. The fourth-order valence-electron chi connectivity index (χ4n) is 3.14. The van der Waals surface area contributed by atoms with Crippen molar-refractivity contribution in [3.8, 4) is 5.75 Å². The highest BCUT2D eigenvalue weighted by atomic mass is 79.9. The third-order valence-corrected chi connectivity index (χ3v) is 5.66. The lowest BCUT2D eigenvalue weighted by Crippen LogP contribution is -2.25. The Bertz CT molecular complexity index is 1210. The number of ether oxygens (including phenoxy) is 1. The van der Waals surface area contributed by atoms with Gasteiger partial charge in [0.2, 0.25) is 0 Å². The predicted molar refractivity (Wildman–Crippen MR) is 118 cm³/mol. The van der Waals surface area contributed by atoms with Gasteiger partial charge in [-0.3, -0.25) is 9.59 Å². The second kappa shape index (κ2) is 9.43. The Morgan fingerprint density at radius 2 is 1.87 bits per heavy atom. The van der Waals surface area contributed by atoms with E-state index in [4.69, 9.17) is 4.74 Å². The fraction of sp³-hybridized carbons (Fsp3) is 0.217. The maximum atomic E-state index is 13.8. The number of nitrogens with zero attached hydrogens (tertiary/aromatic N) is 1. The molecule has 0 aliphatic heterocycles. The maximum absolute atomic E-state index is 13.8. The molecule has 0 saturated heterocycles. The number of halogens is 3. The van der Waals surface area contributed by atoms with Crippen molar-refractivity contribution >= 4 is 21.8 Å². The molecule has 0 radical (unpaired) electrons. The second-order valence-corrected chi connectivity index (χ2v) is 7.90. The zero-order valence-electron chi connectivity index (χ0n) is 17.3. The first-order valence-electron chi connectivity index (χ1n) is 9.49. The quantitative estimate of drug-likeness (QED) is 0.553. The number of aromatic nitrogens is 1. The topological polar surface area (TPSA) is 60.3 Å². The highest BCUT2D eigenvalue weighted by Gasteiger charge is 2.15. The molecule has 1 N–H and O–H groups in total. The van der Waals surface area contributed by atoms with E-state index in [1.807, 2.05) is 19.1 Å². The number of benzene rings is 2. The van der Waals surface area contributed by atoms with Gasteiger partial charge in [-0.2, -0.15) is 0 Å². The van der Waals surface area contributed by atoms with Gasteiger partial charge < -0.3 is 14.6 Å². The molecule has 3 rings (SSSR count). The van der Waals surface area contributed by atoms with Crippen LogP contribution >= 0.6 is 15.9 Å². The van der Waals surface area contributed by atoms with Crippen LogP contribution in [-0.2, 0) is 13.2 Å². The zero-order chi connectivity index (χ0) is 22.7. The van der Waals surface area contributed by atoms with E-state index >= 15 is 0 Å². The molecule has 0 unspecified atom stereocenters. The van der Waals surface area contributed by atoms with Crippen LogP contribution in [0.5, 0.6) is 5.75 Å². The first-order valence-corrected chi connectivity index (χ1v) is 10.3. The van der Waals surface area contributed by atoms with E-state index in [0.29, 0.717) is 11.3 Å². The van der Waals surface area contributed by atoms with Gasteiger partial charge in [0.15, 0.2) is 0 Å². The van der Waals surface area contributed by atoms with Gasteiger partial charge in [-0.05, 0) is 59.1 Å². The molecule has 5 nitrogen and oxygen atoms in total. The van der Waals surface area contributed by atoms with E-state index in [-0.39, 0.29) is 40.4 Å². The monoisotopic (exact) mass is 490 g/mol. The summed E-state index contributed by atoms with van der Waals surface area (Å²) in [6, 6.07) is 10.4. The van der Waals surface area contributed by atoms with Crippen LogP contribution in [0.4, 0.5) is 8.78 Å².